The maximum absolute atomic E-state index is 12.6. The fourth-order valence-electron chi connectivity index (χ4n) is 2.59. The van der Waals surface area contributed by atoms with Crippen LogP contribution in [0.1, 0.15) is 22.8 Å². The number of benzene rings is 2. The Bertz CT molecular complexity index is 1060. The van der Waals surface area contributed by atoms with Gasteiger partial charge >= 0.3 is 5.97 Å². The van der Waals surface area contributed by atoms with Crippen molar-refractivity contribution < 1.29 is 22.7 Å². The number of amidine groups is 1. The van der Waals surface area contributed by atoms with Crippen molar-refractivity contribution in [1.82, 2.24) is 4.90 Å². The van der Waals surface area contributed by atoms with Gasteiger partial charge in [-0.15, -0.1) is 4.40 Å². The number of rotatable bonds is 7. The standard InChI is InChI=1S/C20H21N3O5S2/c1-3-28-19(25)15-6-8-16(9-7-15)21-13-23-18(24)12-29-20(23)22-30(26,27)17-10-4-14(2)5-11-17/h4-11,21H,3,12-13H2,1-2H3/b22-20-. The highest BCUT2D eigenvalue weighted by atomic mass is 32.2. The maximum atomic E-state index is 12.6. The normalized spacial score (nSPS) is 15.5. The minimum absolute atomic E-state index is 0.0484. The lowest BCUT2D eigenvalue weighted by atomic mass is 10.2. The van der Waals surface area contributed by atoms with Crippen molar-refractivity contribution >= 4 is 44.5 Å². The zero-order chi connectivity index (χ0) is 21.7. The number of amides is 1. The van der Waals surface area contributed by atoms with Crippen LogP contribution in [0.3, 0.4) is 0 Å². The molecule has 8 nitrogen and oxygen atoms in total. The number of thioether (sulfide) groups is 1. The number of hydrogen-bond acceptors (Lipinski definition) is 7. The first-order valence-electron chi connectivity index (χ1n) is 9.16. The number of aryl methyl sites for hydroxylation is 1. The van der Waals surface area contributed by atoms with E-state index < -0.39 is 16.0 Å². The lowest BCUT2D eigenvalue weighted by Gasteiger charge is -2.17. The molecule has 1 heterocycles. The summed E-state index contributed by atoms with van der Waals surface area (Å²) in [4.78, 5) is 25.3. The Labute approximate surface area is 179 Å². The van der Waals surface area contributed by atoms with Crippen molar-refractivity contribution in [3.63, 3.8) is 0 Å². The number of nitrogens with one attached hydrogen (secondary N) is 1. The zero-order valence-corrected chi connectivity index (χ0v) is 18.1. The molecule has 1 saturated heterocycles. The second kappa shape index (κ2) is 9.31. The molecule has 0 atom stereocenters. The summed E-state index contributed by atoms with van der Waals surface area (Å²) in [6.07, 6.45) is 0. The molecule has 0 aromatic heterocycles. The van der Waals surface area contributed by atoms with Crippen molar-refractivity contribution in [2.24, 2.45) is 4.40 Å². The van der Waals surface area contributed by atoms with Gasteiger partial charge < -0.3 is 10.1 Å². The van der Waals surface area contributed by atoms with E-state index in [0.29, 0.717) is 17.9 Å². The Kier molecular flexibility index (Phi) is 6.78. The minimum atomic E-state index is -3.93. The Morgan fingerprint density at radius 1 is 1.17 bits per heavy atom. The van der Waals surface area contributed by atoms with Gasteiger partial charge in [-0.2, -0.15) is 8.42 Å². The molecule has 2 aromatic carbocycles. The van der Waals surface area contributed by atoms with Crippen LogP contribution in [-0.2, 0) is 19.6 Å². The summed E-state index contributed by atoms with van der Waals surface area (Å²) in [6, 6.07) is 12.9. The number of carbonyl (C=O) groups is 2. The predicted octanol–water partition coefficient (Wildman–Crippen LogP) is 2.86. The summed E-state index contributed by atoms with van der Waals surface area (Å²) in [5.74, 6) is -0.537. The monoisotopic (exact) mass is 447 g/mol. The van der Waals surface area contributed by atoms with Crippen LogP contribution < -0.4 is 5.32 Å². The second-order valence-corrected chi connectivity index (χ2v) is 8.95. The van der Waals surface area contributed by atoms with E-state index in [1.165, 1.54) is 17.0 Å². The van der Waals surface area contributed by atoms with Crippen LogP contribution in [0.25, 0.3) is 0 Å². The average molecular weight is 448 g/mol. The van der Waals surface area contributed by atoms with Crippen LogP contribution in [-0.4, -0.2) is 49.4 Å². The van der Waals surface area contributed by atoms with Gasteiger partial charge in [-0.25, -0.2) is 4.79 Å². The Morgan fingerprint density at radius 2 is 1.83 bits per heavy atom. The van der Waals surface area contributed by atoms with E-state index in [4.69, 9.17) is 4.74 Å². The van der Waals surface area contributed by atoms with E-state index in [0.717, 1.165) is 17.3 Å². The van der Waals surface area contributed by atoms with Gasteiger partial charge in [0, 0.05) is 5.69 Å². The smallest absolute Gasteiger partial charge is 0.338 e. The van der Waals surface area contributed by atoms with Crippen LogP contribution in [0.15, 0.2) is 57.8 Å². The SMILES string of the molecule is CCOC(=O)c1ccc(NCN2C(=O)CS/C2=N\S(=O)(=O)c2ccc(C)cc2)cc1. The molecule has 1 fully saturated rings. The fraction of sp³-hybridized carbons (Fsp3) is 0.250. The van der Waals surface area contributed by atoms with Gasteiger partial charge in [0.25, 0.3) is 10.0 Å². The van der Waals surface area contributed by atoms with Crippen LogP contribution in [0, 0.1) is 6.92 Å². The number of nitrogens with zero attached hydrogens (tertiary/aromatic N) is 2. The summed E-state index contributed by atoms with van der Waals surface area (Å²) >= 11 is 1.08. The molecule has 1 aliphatic rings. The van der Waals surface area contributed by atoms with Crippen LogP contribution in [0.4, 0.5) is 5.69 Å². The van der Waals surface area contributed by atoms with Gasteiger partial charge in [0.15, 0.2) is 5.17 Å². The van der Waals surface area contributed by atoms with Crippen molar-refractivity contribution in [3.8, 4) is 0 Å². The molecule has 10 heteroatoms. The average Bonchev–Trinajstić information content (AvgIpc) is 3.06. The molecule has 3 rings (SSSR count). The first-order chi connectivity index (χ1) is 14.3. The summed E-state index contributed by atoms with van der Waals surface area (Å²) in [6.45, 7) is 3.94. The van der Waals surface area contributed by atoms with Gasteiger partial charge in [0.2, 0.25) is 5.91 Å². The van der Waals surface area contributed by atoms with Crippen molar-refractivity contribution in [3.05, 3.63) is 59.7 Å². The summed E-state index contributed by atoms with van der Waals surface area (Å²) in [7, 11) is -3.93. The highest BCUT2D eigenvalue weighted by Gasteiger charge is 2.30. The highest BCUT2D eigenvalue weighted by Crippen LogP contribution is 2.23. The van der Waals surface area contributed by atoms with E-state index >= 15 is 0 Å². The number of ether oxygens (including phenoxy) is 1. The first-order valence-corrected chi connectivity index (χ1v) is 11.6. The van der Waals surface area contributed by atoms with Crippen LogP contribution in [0.2, 0.25) is 0 Å². The van der Waals surface area contributed by atoms with E-state index in [1.807, 2.05) is 6.92 Å². The summed E-state index contributed by atoms with van der Waals surface area (Å²) in [5.41, 5.74) is 2.02. The molecule has 1 aliphatic heterocycles. The lowest BCUT2D eigenvalue weighted by Crippen LogP contribution is -2.34. The fourth-order valence-corrected chi connectivity index (χ4v) is 4.72. The number of hydrogen-bond donors (Lipinski definition) is 1. The van der Waals surface area contributed by atoms with Gasteiger partial charge in [-0.3, -0.25) is 9.69 Å². The number of carbonyl (C=O) groups excluding carboxylic acids is 2. The zero-order valence-electron chi connectivity index (χ0n) is 16.5. The number of esters is 1. The number of anilines is 1. The lowest BCUT2D eigenvalue weighted by molar-refractivity contribution is -0.123. The van der Waals surface area contributed by atoms with Gasteiger partial charge in [0.1, 0.15) is 0 Å². The molecular formula is C20H21N3O5S2. The number of sulfonamides is 1. The van der Waals surface area contributed by atoms with E-state index in [9.17, 15) is 18.0 Å². The molecule has 1 N–H and O–H groups in total. The van der Waals surface area contributed by atoms with E-state index in [2.05, 4.69) is 9.71 Å². The summed E-state index contributed by atoms with van der Waals surface area (Å²) < 4.78 is 34.0. The van der Waals surface area contributed by atoms with Gasteiger partial charge in [-0.05, 0) is 50.2 Å². The first kappa shape index (κ1) is 21.8. The molecule has 0 bridgehead atoms. The molecule has 0 unspecified atom stereocenters. The molecule has 0 radical (unpaired) electrons. The Balaban J connectivity index is 1.71. The van der Waals surface area contributed by atoms with Gasteiger partial charge in [-0.1, -0.05) is 29.5 Å². The van der Waals surface area contributed by atoms with E-state index in [1.54, 1.807) is 43.3 Å². The summed E-state index contributed by atoms with van der Waals surface area (Å²) in [5, 5.41) is 3.16. The van der Waals surface area contributed by atoms with Gasteiger partial charge in [0.05, 0.1) is 29.5 Å². The molecule has 158 valence electrons. The quantitative estimate of drug-likeness (QED) is 0.651. The third-order valence-electron chi connectivity index (χ3n) is 4.21. The van der Waals surface area contributed by atoms with E-state index in [-0.39, 0.29) is 28.4 Å². The Morgan fingerprint density at radius 3 is 2.47 bits per heavy atom. The maximum Gasteiger partial charge on any atom is 0.338 e. The minimum Gasteiger partial charge on any atom is -0.462 e. The molecule has 0 saturated carbocycles. The largest absolute Gasteiger partial charge is 0.462 e. The molecule has 2 aromatic rings. The molecule has 30 heavy (non-hydrogen) atoms. The Hall–Kier alpha value is -2.85. The van der Waals surface area contributed by atoms with Crippen LogP contribution >= 0.6 is 11.8 Å². The van der Waals surface area contributed by atoms with Crippen molar-refractivity contribution in [1.29, 1.82) is 0 Å². The van der Waals surface area contributed by atoms with Crippen molar-refractivity contribution in [2.45, 2.75) is 18.7 Å². The second-order valence-electron chi connectivity index (χ2n) is 6.41. The third-order valence-corrected chi connectivity index (χ3v) is 6.57. The highest BCUT2D eigenvalue weighted by molar-refractivity contribution is 8.15. The topological polar surface area (TPSA) is 105 Å². The van der Waals surface area contributed by atoms with Crippen molar-refractivity contribution in [2.75, 3.05) is 24.3 Å². The molecule has 0 spiro atoms. The predicted molar refractivity (Wildman–Crippen MR) is 116 cm³/mol. The van der Waals surface area contributed by atoms with Crippen LogP contribution in [0.5, 0.6) is 0 Å². The third kappa shape index (κ3) is 5.19. The molecular weight excluding hydrogens is 426 g/mol. The molecule has 1 amide bonds. The molecule has 0 aliphatic carbocycles.